The number of halogens is 3. The van der Waals surface area contributed by atoms with E-state index in [1.54, 1.807) is 12.1 Å². The third kappa shape index (κ3) is 3.32. The summed E-state index contributed by atoms with van der Waals surface area (Å²) >= 11 is 0. The van der Waals surface area contributed by atoms with Gasteiger partial charge in [0.05, 0.1) is 17.6 Å². The second kappa shape index (κ2) is 7.32. The van der Waals surface area contributed by atoms with Gasteiger partial charge >= 0.3 is 12.2 Å². The molecule has 3 N–H and O–H groups in total. The number of alkyl halides is 3. The van der Waals surface area contributed by atoms with Crippen LogP contribution in [-0.2, 0) is 5.41 Å². The van der Waals surface area contributed by atoms with Gasteiger partial charge in [-0.25, -0.2) is 14.8 Å². The van der Waals surface area contributed by atoms with Gasteiger partial charge in [-0.2, -0.15) is 13.2 Å². The standard InChI is InChI=1S/C23H17F3N6O3/c1-11-18-14(9-27-20(18)29-10-28-11)12-2-3-15(19-13(12)4-7-34-19)30-21(33)31-17-8-16(32-35-17)22(5-6-22)23(24,25)26/h2-4,7-10H,5-6H2,1H3,(H,27,28,29)(H2,30,31,33). The summed E-state index contributed by atoms with van der Waals surface area (Å²) in [6.45, 7) is 1.89. The van der Waals surface area contributed by atoms with Crippen LogP contribution in [0.2, 0.25) is 0 Å². The van der Waals surface area contributed by atoms with Crippen molar-refractivity contribution in [3.05, 3.63) is 54.4 Å². The van der Waals surface area contributed by atoms with Crippen molar-refractivity contribution in [2.24, 2.45) is 0 Å². The summed E-state index contributed by atoms with van der Waals surface area (Å²) in [7, 11) is 0. The molecule has 1 fully saturated rings. The minimum Gasteiger partial charge on any atom is -0.462 e. The molecule has 12 heteroatoms. The van der Waals surface area contributed by atoms with Crippen molar-refractivity contribution in [3.63, 3.8) is 0 Å². The zero-order chi connectivity index (χ0) is 24.4. The molecule has 0 atom stereocenters. The summed E-state index contributed by atoms with van der Waals surface area (Å²) in [5.41, 5.74) is 1.82. The van der Waals surface area contributed by atoms with Gasteiger partial charge in [0.25, 0.3) is 0 Å². The van der Waals surface area contributed by atoms with E-state index in [4.69, 9.17) is 8.94 Å². The number of benzene rings is 1. The molecule has 1 saturated carbocycles. The van der Waals surface area contributed by atoms with E-state index in [1.807, 2.05) is 19.2 Å². The van der Waals surface area contributed by atoms with E-state index in [-0.39, 0.29) is 24.4 Å². The maximum atomic E-state index is 13.3. The lowest BCUT2D eigenvalue weighted by atomic mass is 10.0. The first kappa shape index (κ1) is 21.2. The molecule has 178 valence electrons. The Morgan fingerprint density at radius 1 is 1.14 bits per heavy atom. The highest BCUT2D eigenvalue weighted by atomic mass is 19.4. The number of urea groups is 1. The van der Waals surface area contributed by atoms with E-state index in [2.05, 4.69) is 30.7 Å². The first-order valence-electron chi connectivity index (χ1n) is 10.7. The number of nitrogens with one attached hydrogen (secondary N) is 3. The lowest BCUT2D eigenvalue weighted by Crippen LogP contribution is -2.28. The number of nitrogens with zero attached hydrogens (tertiary/aromatic N) is 3. The molecule has 0 saturated heterocycles. The fourth-order valence-electron chi connectivity index (χ4n) is 4.36. The molecule has 5 aromatic rings. The number of hydrogen-bond acceptors (Lipinski definition) is 6. The Morgan fingerprint density at radius 3 is 2.74 bits per heavy atom. The molecule has 35 heavy (non-hydrogen) atoms. The average molecular weight is 482 g/mol. The van der Waals surface area contributed by atoms with Gasteiger partial charge < -0.3 is 19.2 Å². The highest BCUT2D eigenvalue weighted by Crippen LogP contribution is 2.58. The summed E-state index contributed by atoms with van der Waals surface area (Å²) in [6.07, 6.45) is 0.292. The van der Waals surface area contributed by atoms with E-state index in [0.29, 0.717) is 16.9 Å². The van der Waals surface area contributed by atoms with Crippen molar-refractivity contribution in [3.8, 4) is 11.1 Å². The molecule has 4 heterocycles. The van der Waals surface area contributed by atoms with Gasteiger partial charge in [-0.05, 0) is 37.5 Å². The third-order valence-corrected chi connectivity index (χ3v) is 6.34. The molecule has 9 nitrogen and oxygen atoms in total. The van der Waals surface area contributed by atoms with Crippen LogP contribution < -0.4 is 10.6 Å². The van der Waals surface area contributed by atoms with Crippen molar-refractivity contribution in [2.45, 2.75) is 31.4 Å². The van der Waals surface area contributed by atoms with Gasteiger partial charge in [-0.3, -0.25) is 5.32 Å². The van der Waals surface area contributed by atoms with Gasteiger partial charge in [-0.1, -0.05) is 11.2 Å². The lowest BCUT2D eigenvalue weighted by Gasteiger charge is -2.15. The molecule has 1 aliphatic carbocycles. The van der Waals surface area contributed by atoms with Crippen LogP contribution in [0.5, 0.6) is 0 Å². The quantitative estimate of drug-likeness (QED) is 0.293. The van der Waals surface area contributed by atoms with Gasteiger partial charge in [-0.15, -0.1) is 0 Å². The fraction of sp³-hybridized carbons (Fsp3) is 0.217. The number of aryl methyl sites for hydroxylation is 1. The molecule has 2 amide bonds. The number of amides is 2. The van der Waals surface area contributed by atoms with Gasteiger partial charge in [0, 0.05) is 28.6 Å². The highest BCUT2D eigenvalue weighted by Gasteiger charge is 2.66. The summed E-state index contributed by atoms with van der Waals surface area (Å²) < 4.78 is 50.5. The van der Waals surface area contributed by atoms with E-state index >= 15 is 0 Å². The number of rotatable bonds is 4. The molecule has 0 radical (unpaired) electrons. The summed E-state index contributed by atoms with van der Waals surface area (Å²) in [5.74, 6) is -0.186. The molecule has 0 spiro atoms. The van der Waals surface area contributed by atoms with Crippen molar-refractivity contribution >= 4 is 39.6 Å². The Kier molecular flexibility index (Phi) is 4.44. The predicted octanol–water partition coefficient (Wildman–Crippen LogP) is 5.91. The topological polar surface area (TPSA) is 122 Å². The van der Waals surface area contributed by atoms with E-state index in [0.717, 1.165) is 33.7 Å². The minimum absolute atomic E-state index is 0.0560. The van der Waals surface area contributed by atoms with E-state index in [1.165, 1.54) is 12.6 Å². The van der Waals surface area contributed by atoms with Crippen LogP contribution in [0.3, 0.4) is 0 Å². The molecule has 1 aromatic carbocycles. The second-order valence-electron chi connectivity index (χ2n) is 8.44. The number of H-pyrrole nitrogens is 1. The zero-order valence-electron chi connectivity index (χ0n) is 18.2. The molecule has 6 rings (SSSR count). The Balaban J connectivity index is 1.26. The SMILES string of the molecule is Cc1ncnc2[nH]cc(-c3ccc(NC(=O)Nc4cc(C5(C(F)(F)F)CC5)no4)c4occc34)c12. The molecular formula is C23H17F3N6O3. The number of anilines is 2. The van der Waals surface area contributed by atoms with Crippen molar-refractivity contribution in [2.75, 3.05) is 10.6 Å². The van der Waals surface area contributed by atoms with E-state index < -0.39 is 17.6 Å². The smallest absolute Gasteiger partial charge is 0.400 e. The monoisotopic (exact) mass is 482 g/mol. The largest absolute Gasteiger partial charge is 0.462 e. The minimum atomic E-state index is -4.43. The average Bonchev–Trinajstić information content (AvgIpc) is 3.16. The Morgan fingerprint density at radius 2 is 1.97 bits per heavy atom. The van der Waals surface area contributed by atoms with Crippen LogP contribution in [0.1, 0.15) is 24.2 Å². The Hall–Kier alpha value is -4.35. The maximum Gasteiger partial charge on any atom is 0.400 e. The predicted molar refractivity (Wildman–Crippen MR) is 120 cm³/mol. The Bertz CT molecular complexity index is 1600. The van der Waals surface area contributed by atoms with Crippen molar-refractivity contribution in [1.29, 1.82) is 0 Å². The second-order valence-corrected chi connectivity index (χ2v) is 8.44. The molecule has 0 bridgehead atoms. The number of aromatic amines is 1. The van der Waals surface area contributed by atoms with E-state index in [9.17, 15) is 18.0 Å². The first-order chi connectivity index (χ1) is 16.8. The summed E-state index contributed by atoms with van der Waals surface area (Å²) in [6, 6.07) is 5.67. The first-order valence-corrected chi connectivity index (χ1v) is 10.7. The zero-order valence-corrected chi connectivity index (χ0v) is 18.2. The molecule has 0 aliphatic heterocycles. The van der Waals surface area contributed by atoms with Crippen LogP contribution in [0.15, 0.2) is 52.0 Å². The maximum absolute atomic E-state index is 13.3. The summed E-state index contributed by atoms with van der Waals surface area (Å²) in [4.78, 5) is 24.2. The van der Waals surface area contributed by atoms with Crippen LogP contribution >= 0.6 is 0 Å². The van der Waals surface area contributed by atoms with Crippen LogP contribution in [-0.4, -0.2) is 32.3 Å². The molecule has 4 aromatic heterocycles. The van der Waals surface area contributed by atoms with Gasteiger partial charge in [0.2, 0.25) is 5.88 Å². The van der Waals surface area contributed by atoms with Gasteiger partial charge in [0.15, 0.2) is 5.58 Å². The molecular weight excluding hydrogens is 465 g/mol. The number of hydrogen-bond donors (Lipinski definition) is 3. The number of aromatic nitrogens is 4. The highest BCUT2D eigenvalue weighted by molar-refractivity contribution is 6.10. The van der Waals surface area contributed by atoms with Crippen LogP contribution in [0.25, 0.3) is 33.1 Å². The van der Waals surface area contributed by atoms with Crippen LogP contribution in [0, 0.1) is 6.92 Å². The molecule has 0 unspecified atom stereocenters. The van der Waals surface area contributed by atoms with Crippen LogP contribution in [0.4, 0.5) is 29.5 Å². The fourth-order valence-corrected chi connectivity index (χ4v) is 4.36. The summed E-state index contributed by atoms with van der Waals surface area (Å²) in [5, 5.41) is 10.2. The molecule has 1 aliphatic rings. The van der Waals surface area contributed by atoms with Crippen molar-refractivity contribution in [1.82, 2.24) is 20.1 Å². The normalized spacial score (nSPS) is 15.0. The number of fused-ring (bicyclic) bond motifs is 2. The Labute approximate surface area is 194 Å². The number of carbonyl (C=O) groups excluding carboxylic acids is 1. The number of furan rings is 1. The lowest BCUT2D eigenvalue weighted by molar-refractivity contribution is -0.161. The third-order valence-electron chi connectivity index (χ3n) is 6.34. The number of carbonyl (C=O) groups is 1. The van der Waals surface area contributed by atoms with Gasteiger partial charge in [0.1, 0.15) is 23.1 Å². The van der Waals surface area contributed by atoms with Crippen molar-refractivity contribution < 1.29 is 26.9 Å².